The van der Waals surface area contributed by atoms with Crippen LogP contribution in [-0.4, -0.2) is 31.1 Å². The van der Waals surface area contributed by atoms with E-state index in [0.717, 1.165) is 11.3 Å². The second-order valence-corrected chi connectivity index (χ2v) is 5.77. The van der Waals surface area contributed by atoms with Gasteiger partial charge in [0.05, 0.1) is 7.11 Å². The summed E-state index contributed by atoms with van der Waals surface area (Å²) in [6.07, 6.45) is 1.20. The monoisotopic (exact) mass is 290 g/mol. The number of rotatable bonds is 5. The van der Waals surface area contributed by atoms with E-state index in [-0.39, 0.29) is 11.9 Å². The Kier molecular flexibility index (Phi) is 4.83. The summed E-state index contributed by atoms with van der Waals surface area (Å²) in [5, 5.41) is 5.99. The van der Waals surface area contributed by atoms with Crippen LogP contribution in [0.4, 0.5) is 5.69 Å². The highest BCUT2D eigenvalue weighted by Gasteiger charge is 2.30. The van der Waals surface area contributed by atoms with E-state index in [9.17, 15) is 9.59 Å². The third-order valence-corrected chi connectivity index (χ3v) is 3.60. The maximum Gasteiger partial charge on any atom is 0.328 e. The highest BCUT2D eigenvalue weighted by molar-refractivity contribution is 5.91. The average molecular weight is 290 g/mol. The number of hydrogen-bond donors (Lipinski definition) is 2. The van der Waals surface area contributed by atoms with Crippen LogP contribution < -0.4 is 10.6 Å². The van der Waals surface area contributed by atoms with Gasteiger partial charge in [0.2, 0.25) is 5.91 Å². The molecule has 0 aromatic heterocycles. The number of nitrogens with one attached hydrogen (secondary N) is 2. The molecule has 0 fully saturated rings. The normalized spacial score (nSPS) is 17.8. The Bertz CT molecular complexity index is 503. The van der Waals surface area contributed by atoms with Gasteiger partial charge in [-0.1, -0.05) is 32.0 Å². The molecule has 1 unspecified atom stereocenters. The molecule has 2 N–H and O–H groups in total. The first kappa shape index (κ1) is 15.4. The molecule has 1 aliphatic heterocycles. The zero-order valence-corrected chi connectivity index (χ0v) is 12.7. The quantitative estimate of drug-likeness (QED) is 0.810. The molecule has 0 radical (unpaired) electrons. The van der Waals surface area contributed by atoms with Crippen LogP contribution >= 0.6 is 0 Å². The lowest BCUT2D eigenvalue weighted by molar-refractivity contribution is -0.145. The standard InChI is InChI=1S/C16H22N2O3/c1-10(2)8-14(16(20)21-3)18-15(19)13-9-11-6-4-5-7-12(11)17-13/h4-7,10,13-14,17H,8-9H2,1-3H3,(H,18,19)/t13-,14?/m0/s1. The number of fused-ring (bicyclic) bond motifs is 1. The Balaban J connectivity index is 1.99. The van der Waals surface area contributed by atoms with Gasteiger partial charge in [-0.25, -0.2) is 4.79 Å². The molecule has 21 heavy (non-hydrogen) atoms. The van der Waals surface area contributed by atoms with E-state index in [4.69, 9.17) is 4.74 Å². The fraction of sp³-hybridized carbons (Fsp3) is 0.500. The van der Waals surface area contributed by atoms with Crippen molar-refractivity contribution in [3.8, 4) is 0 Å². The second-order valence-electron chi connectivity index (χ2n) is 5.77. The first-order valence-electron chi connectivity index (χ1n) is 7.24. The van der Waals surface area contributed by atoms with Crippen molar-refractivity contribution in [3.63, 3.8) is 0 Å². The van der Waals surface area contributed by atoms with Gasteiger partial charge >= 0.3 is 5.97 Å². The highest BCUT2D eigenvalue weighted by atomic mass is 16.5. The van der Waals surface area contributed by atoms with Crippen LogP contribution in [0.15, 0.2) is 24.3 Å². The predicted octanol–water partition coefficient (Wildman–Crippen LogP) is 1.73. The zero-order chi connectivity index (χ0) is 15.4. The Morgan fingerprint density at radius 2 is 2.10 bits per heavy atom. The van der Waals surface area contributed by atoms with Crippen LogP contribution in [-0.2, 0) is 20.7 Å². The molecule has 1 aliphatic rings. The molecule has 0 saturated carbocycles. The third-order valence-electron chi connectivity index (χ3n) is 3.60. The summed E-state index contributed by atoms with van der Waals surface area (Å²) in [5.74, 6) is -0.266. The minimum Gasteiger partial charge on any atom is -0.467 e. The van der Waals surface area contributed by atoms with Crippen molar-refractivity contribution in [1.29, 1.82) is 0 Å². The average Bonchev–Trinajstić information content (AvgIpc) is 2.89. The van der Waals surface area contributed by atoms with E-state index in [1.165, 1.54) is 7.11 Å². The van der Waals surface area contributed by atoms with E-state index in [1.807, 2.05) is 38.1 Å². The van der Waals surface area contributed by atoms with Crippen LogP contribution in [0.2, 0.25) is 0 Å². The molecular formula is C16H22N2O3. The number of carbonyl (C=O) groups excluding carboxylic acids is 2. The molecule has 5 nitrogen and oxygen atoms in total. The molecule has 1 heterocycles. The van der Waals surface area contributed by atoms with Crippen molar-refractivity contribution >= 4 is 17.6 Å². The van der Waals surface area contributed by atoms with Gasteiger partial charge in [0.25, 0.3) is 0 Å². The molecule has 114 valence electrons. The van der Waals surface area contributed by atoms with Crippen LogP contribution in [0.1, 0.15) is 25.8 Å². The van der Waals surface area contributed by atoms with Crippen LogP contribution in [0.5, 0.6) is 0 Å². The number of benzene rings is 1. The molecule has 2 atom stereocenters. The molecule has 5 heteroatoms. The second kappa shape index (κ2) is 6.61. The number of methoxy groups -OCH3 is 1. The van der Waals surface area contributed by atoms with Gasteiger partial charge in [-0.05, 0) is 24.0 Å². The summed E-state index contributed by atoms with van der Waals surface area (Å²) in [5.41, 5.74) is 2.10. The number of carbonyl (C=O) groups is 2. The first-order chi connectivity index (χ1) is 10.0. The Morgan fingerprint density at radius 1 is 1.38 bits per heavy atom. The van der Waals surface area contributed by atoms with E-state index < -0.39 is 12.0 Å². The summed E-state index contributed by atoms with van der Waals surface area (Å²) >= 11 is 0. The topological polar surface area (TPSA) is 67.4 Å². The lowest BCUT2D eigenvalue weighted by atomic mass is 10.0. The SMILES string of the molecule is COC(=O)C(CC(C)C)NC(=O)[C@@H]1Cc2ccccc2N1. The van der Waals surface area contributed by atoms with Gasteiger partial charge in [0.1, 0.15) is 12.1 Å². The zero-order valence-electron chi connectivity index (χ0n) is 12.7. The van der Waals surface area contributed by atoms with Crippen LogP contribution in [0, 0.1) is 5.92 Å². The molecule has 1 aromatic rings. The Hall–Kier alpha value is -2.04. The van der Waals surface area contributed by atoms with Crippen molar-refractivity contribution < 1.29 is 14.3 Å². The summed E-state index contributed by atoms with van der Waals surface area (Å²) in [6.45, 7) is 4.01. The van der Waals surface area contributed by atoms with E-state index in [2.05, 4.69) is 10.6 Å². The van der Waals surface area contributed by atoms with E-state index in [1.54, 1.807) is 0 Å². The lowest BCUT2D eigenvalue weighted by Gasteiger charge is -2.20. The minimum absolute atomic E-state index is 0.165. The van der Waals surface area contributed by atoms with Crippen molar-refractivity contribution in [2.45, 2.75) is 38.8 Å². The van der Waals surface area contributed by atoms with E-state index >= 15 is 0 Å². The van der Waals surface area contributed by atoms with Crippen LogP contribution in [0.25, 0.3) is 0 Å². The molecule has 1 aromatic carbocycles. The van der Waals surface area contributed by atoms with Crippen molar-refractivity contribution in [2.24, 2.45) is 5.92 Å². The highest BCUT2D eigenvalue weighted by Crippen LogP contribution is 2.25. The number of hydrogen-bond acceptors (Lipinski definition) is 4. The van der Waals surface area contributed by atoms with E-state index in [0.29, 0.717) is 18.8 Å². The third kappa shape index (κ3) is 3.74. The summed E-state index contributed by atoms with van der Waals surface area (Å²) in [6, 6.07) is 6.92. The number of para-hydroxylation sites is 1. The fourth-order valence-electron chi connectivity index (χ4n) is 2.56. The molecular weight excluding hydrogens is 268 g/mol. The number of amides is 1. The molecule has 0 saturated heterocycles. The van der Waals surface area contributed by atoms with Gasteiger partial charge in [-0.3, -0.25) is 4.79 Å². The van der Waals surface area contributed by atoms with Gasteiger partial charge in [0, 0.05) is 12.1 Å². The number of anilines is 1. The van der Waals surface area contributed by atoms with Crippen molar-refractivity contribution in [3.05, 3.63) is 29.8 Å². The van der Waals surface area contributed by atoms with Gasteiger partial charge in [-0.15, -0.1) is 0 Å². The summed E-state index contributed by atoms with van der Waals surface area (Å²) in [4.78, 5) is 24.1. The fourth-order valence-corrected chi connectivity index (χ4v) is 2.56. The maximum absolute atomic E-state index is 12.3. The molecule has 2 rings (SSSR count). The molecule has 1 amide bonds. The first-order valence-corrected chi connectivity index (χ1v) is 7.24. The van der Waals surface area contributed by atoms with Crippen molar-refractivity contribution in [1.82, 2.24) is 5.32 Å². The Morgan fingerprint density at radius 3 is 2.71 bits per heavy atom. The minimum atomic E-state index is -0.590. The molecule has 0 aliphatic carbocycles. The van der Waals surface area contributed by atoms with Crippen molar-refractivity contribution in [2.75, 3.05) is 12.4 Å². The maximum atomic E-state index is 12.3. The number of esters is 1. The summed E-state index contributed by atoms with van der Waals surface area (Å²) in [7, 11) is 1.34. The van der Waals surface area contributed by atoms with Gasteiger partial charge < -0.3 is 15.4 Å². The smallest absolute Gasteiger partial charge is 0.328 e. The molecule has 0 bridgehead atoms. The van der Waals surface area contributed by atoms with Gasteiger partial charge in [-0.2, -0.15) is 0 Å². The summed E-state index contributed by atoms with van der Waals surface area (Å²) < 4.78 is 4.76. The number of ether oxygens (including phenoxy) is 1. The van der Waals surface area contributed by atoms with Crippen LogP contribution in [0.3, 0.4) is 0 Å². The predicted molar refractivity (Wildman–Crippen MR) is 81.0 cm³/mol. The molecule has 0 spiro atoms. The van der Waals surface area contributed by atoms with Gasteiger partial charge in [0.15, 0.2) is 0 Å². The lowest BCUT2D eigenvalue weighted by Crippen LogP contribution is -2.48. The Labute approximate surface area is 125 Å². The largest absolute Gasteiger partial charge is 0.467 e.